The predicted molar refractivity (Wildman–Crippen MR) is 110 cm³/mol. The molecule has 1 amide bonds. The highest BCUT2D eigenvalue weighted by Gasteiger charge is 2.42. The van der Waals surface area contributed by atoms with Crippen molar-refractivity contribution in [3.05, 3.63) is 33.9 Å². The van der Waals surface area contributed by atoms with Gasteiger partial charge >= 0.3 is 0 Å². The van der Waals surface area contributed by atoms with Gasteiger partial charge in [0.15, 0.2) is 0 Å². The second-order valence-corrected chi connectivity index (χ2v) is 9.25. The lowest BCUT2D eigenvalue weighted by atomic mass is 9.84. The maximum atomic E-state index is 12.8. The molecular formula is C22H31N3O3. The summed E-state index contributed by atoms with van der Waals surface area (Å²) in [6.07, 6.45) is 7.33. The number of rotatable bonds is 5. The van der Waals surface area contributed by atoms with E-state index in [1.807, 2.05) is 0 Å². The zero-order chi connectivity index (χ0) is 19.8. The smallest absolute Gasteiger partial charge is 0.293 e. The Morgan fingerprint density at radius 2 is 2.11 bits per heavy atom. The first-order chi connectivity index (χ1) is 13.4. The number of fused-ring (bicyclic) bond motifs is 2. The van der Waals surface area contributed by atoms with E-state index in [9.17, 15) is 14.9 Å². The van der Waals surface area contributed by atoms with Crippen molar-refractivity contribution in [1.82, 2.24) is 5.32 Å². The highest BCUT2D eigenvalue weighted by molar-refractivity contribution is 5.96. The van der Waals surface area contributed by atoms with E-state index < -0.39 is 0 Å². The largest absolute Gasteiger partial charge is 0.366 e. The van der Waals surface area contributed by atoms with E-state index in [2.05, 4.69) is 24.1 Å². The van der Waals surface area contributed by atoms with Gasteiger partial charge in [0, 0.05) is 30.8 Å². The first-order valence-corrected chi connectivity index (χ1v) is 10.8. The van der Waals surface area contributed by atoms with Crippen LogP contribution in [0.4, 0.5) is 11.4 Å². The minimum Gasteiger partial charge on any atom is -0.366 e. The molecule has 4 rings (SSSR count). The highest BCUT2D eigenvalue weighted by atomic mass is 16.6. The summed E-state index contributed by atoms with van der Waals surface area (Å²) in [5.74, 6) is 2.45. The van der Waals surface area contributed by atoms with Gasteiger partial charge in [-0.05, 0) is 74.8 Å². The van der Waals surface area contributed by atoms with Crippen LogP contribution in [0.15, 0.2) is 18.2 Å². The van der Waals surface area contributed by atoms with E-state index in [1.54, 1.807) is 12.1 Å². The molecule has 6 nitrogen and oxygen atoms in total. The summed E-state index contributed by atoms with van der Waals surface area (Å²) in [7, 11) is 0. The first kappa shape index (κ1) is 19.2. The molecule has 1 aliphatic heterocycles. The molecular weight excluding hydrogens is 354 g/mol. The van der Waals surface area contributed by atoms with Crippen molar-refractivity contribution in [2.45, 2.75) is 58.4 Å². The molecule has 1 saturated heterocycles. The van der Waals surface area contributed by atoms with Crippen molar-refractivity contribution in [1.29, 1.82) is 0 Å². The topological polar surface area (TPSA) is 75.5 Å². The van der Waals surface area contributed by atoms with E-state index in [1.165, 1.54) is 31.7 Å². The van der Waals surface area contributed by atoms with Crippen LogP contribution < -0.4 is 10.2 Å². The fourth-order valence-electron chi connectivity index (χ4n) is 5.79. The number of piperidine rings is 1. The van der Waals surface area contributed by atoms with Crippen LogP contribution in [0, 0.1) is 33.8 Å². The Bertz CT molecular complexity index is 765. The number of benzene rings is 1. The highest BCUT2D eigenvalue weighted by Crippen LogP contribution is 2.49. The SMILES string of the molecule is C[C@@H]1CCCN(c2ccc(C(=O)N[C@H](C)[C@@H]3C[C@H]4CC[C@H]3C4)cc2[N+](=O)[O-])C1. The normalized spacial score (nSPS) is 30.3. The summed E-state index contributed by atoms with van der Waals surface area (Å²) >= 11 is 0. The molecule has 1 N–H and O–H groups in total. The van der Waals surface area contributed by atoms with Crippen LogP contribution in [0.3, 0.4) is 0 Å². The maximum absolute atomic E-state index is 12.8. The zero-order valence-corrected chi connectivity index (χ0v) is 16.9. The van der Waals surface area contributed by atoms with Crippen molar-refractivity contribution in [3.63, 3.8) is 0 Å². The van der Waals surface area contributed by atoms with Gasteiger partial charge in [0.1, 0.15) is 5.69 Å². The van der Waals surface area contributed by atoms with E-state index in [-0.39, 0.29) is 22.6 Å². The Labute approximate surface area is 166 Å². The predicted octanol–water partition coefficient (Wildman–Crippen LogP) is 4.39. The van der Waals surface area contributed by atoms with Crippen LogP contribution in [0.1, 0.15) is 62.7 Å². The number of nitrogens with one attached hydrogen (secondary N) is 1. The molecule has 2 bridgehead atoms. The number of hydrogen-bond acceptors (Lipinski definition) is 4. The lowest BCUT2D eigenvalue weighted by molar-refractivity contribution is -0.384. The van der Waals surface area contributed by atoms with Crippen LogP contribution in [0.5, 0.6) is 0 Å². The maximum Gasteiger partial charge on any atom is 0.293 e. The van der Waals surface area contributed by atoms with Gasteiger partial charge in [0.25, 0.3) is 11.6 Å². The van der Waals surface area contributed by atoms with Crippen LogP contribution in [0.25, 0.3) is 0 Å². The average molecular weight is 386 g/mol. The number of carbonyl (C=O) groups excluding carboxylic acids is 1. The molecule has 0 unspecified atom stereocenters. The minimum atomic E-state index is -0.356. The van der Waals surface area contributed by atoms with Crippen molar-refractivity contribution >= 4 is 17.3 Å². The molecule has 1 heterocycles. The summed E-state index contributed by atoms with van der Waals surface area (Å²) in [4.78, 5) is 26.2. The van der Waals surface area contributed by atoms with Crippen molar-refractivity contribution in [2.75, 3.05) is 18.0 Å². The molecule has 3 fully saturated rings. The number of nitro groups is 1. The lowest BCUT2D eigenvalue weighted by Crippen LogP contribution is -2.40. The summed E-state index contributed by atoms with van der Waals surface area (Å²) in [6.45, 7) is 5.92. The van der Waals surface area contributed by atoms with Gasteiger partial charge < -0.3 is 10.2 Å². The van der Waals surface area contributed by atoms with Gasteiger partial charge in [-0.2, -0.15) is 0 Å². The third-order valence-electron chi connectivity index (χ3n) is 7.23. The van der Waals surface area contributed by atoms with Gasteiger partial charge in [-0.15, -0.1) is 0 Å². The number of nitro benzene ring substituents is 1. The molecule has 1 aromatic carbocycles. The molecule has 2 aliphatic carbocycles. The molecule has 28 heavy (non-hydrogen) atoms. The van der Waals surface area contributed by atoms with Crippen molar-refractivity contribution < 1.29 is 9.72 Å². The molecule has 6 heteroatoms. The second-order valence-electron chi connectivity index (χ2n) is 9.25. The number of nitrogens with zero attached hydrogens (tertiary/aromatic N) is 2. The molecule has 0 aromatic heterocycles. The van der Waals surface area contributed by atoms with Crippen molar-refractivity contribution in [2.24, 2.45) is 23.7 Å². The molecule has 3 aliphatic rings. The molecule has 5 atom stereocenters. The number of hydrogen-bond donors (Lipinski definition) is 1. The van der Waals surface area contributed by atoms with Crippen LogP contribution in [-0.4, -0.2) is 30.0 Å². The standard InChI is InChI=1S/C22H31N3O3/c1-14-4-3-9-24(13-14)20-8-7-18(12-21(20)25(27)28)22(26)23-15(2)19-11-16-5-6-17(19)10-16/h7-8,12,14-17,19H,3-6,9-11,13H2,1-2H3,(H,23,26)/t14-,15-,16+,17+,19+/m1/s1. The van der Waals surface area contributed by atoms with Gasteiger partial charge in [-0.1, -0.05) is 13.3 Å². The third-order valence-corrected chi connectivity index (χ3v) is 7.23. The Morgan fingerprint density at radius 3 is 2.75 bits per heavy atom. The monoisotopic (exact) mass is 385 g/mol. The van der Waals surface area contributed by atoms with E-state index in [0.717, 1.165) is 37.8 Å². The summed E-state index contributed by atoms with van der Waals surface area (Å²) < 4.78 is 0. The zero-order valence-electron chi connectivity index (χ0n) is 16.9. The van der Waals surface area contributed by atoms with Gasteiger partial charge in [0.05, 0.1) is 4.92 Å². The van der Waals surface area contributed by atoms with Crippen LogP contribution in [0.2, 0.25) is 0 Å². The Morgan fingerprint density at radius 1 is 1.29 bits per heavy atom. The molecule has 1 aromatic rings. The first-order valence-electron chi connectivity index (χ1n) is 10.8. The summed E-state index contributed by atoms with van der Waals surface area (Å²) in [6, 6.07) is 5.07. The third kappa shape index (κ3) is 3.74. The van der Waals surface area contributed by atoms with Crippen LogP contribution >= 0.6 is 0 Å². The van der Waals surface area contributed by atoms with Crippen LogP contribution in [-0.2, 0) is 0 Å². The van der Waals surface area contributed by atoms with Gasteiger partial charge in [0.2, 0.25) is 0 Å². The fraction of sp³-hybridized carbons (Fsp3) is 0.682. The van der Waals surface area contributed by atoms with E-state index >= 15 is 0 Å². The van der Waals surface area contributed by atoms with Gasteiger partial charge in [-0.25, -0.2) is 0 Å². The number of anilines is 1. The lowest BCUT2D eigenvalue weighted by Gasteiger charge is -2.32. The Hall–Kier alpha value is -2.11. The quantitative estimate of drug-likeness (QED) is 0.603. The van der Waals surface area contributed by atoms with E-state index in [0.29, 0.717) is 23.1 Å². The summed E-state index contributed by atoms with van der Waals surface area (Å²) in [5, 5.41) is 14.8. The minimum absolute atomic E-state index is 0.0364. The fourth-order valence-corrected chi connectivity index (χ4v) is 5.79. The van der Waals surface area contributed by atoms with Gasteiger partial charge in [-0.3, -0.25) is 14.9 Å². The summed E-state index contributed by atoms with van der Waals surface area (Å²) in [5.41, 5.74) is 1.05. The second kappa shape index (κ2) is 7.72. The molecule has 0 radical (unpaired) electrons. The number of carbonyl (C=O) groups is 1. The van der Waals surface area contributed by atoms with E-state index in [4.69, 9.17) is 0 Å². The Balaban J connectivity index is 1.49. The number of amides is 1. The average Bonchev–Trinajstić information content (AvgIpc) is 3.31. The molecule has 152 valence electrons. The molecule has 2 saturated carbocycles. The van der Waals surface area contributed by atoms with Crippen molar-refractivity contribution in [3.8, 4) is 0 Å². The Kier molecular flexibility index (Phi) is 5.30. The molecule has 0 spiro atoms.